The maximum absolute atomic E-state index is 12.5. The molecule has 1 heterocycles. The average Bonchev–Trinajstić information content (AvgIpc) is 3.13. The summed E-state index contributed by atoms with van der Waals surface area (Å²) >= 11 is 3.32. The first-order valence-corrected chi connectivity index (χ1v) is 10.9. The van der Waals surface area contributed by atoms with Crippen molar-refractivity contribution in [3.8, 4) is 5.75 Å². The van der Waals surface area contributed by atoms with Crippen molar-refractivity contribution in [1.29, 1.82) is 0 Å². The summed E-state index contributed by atoms with van der Waals surface area (Å²) in [6.07, 6.45) is 2.52. The maximum atomic E-state index is 12.5. The molecule has 2 aromatic rings. The molecule has 0 atom stereocenters. The van der Waals surface area contributed by atoms with E-state index in [0.717, 1.165) is 25.2 Å². The molecule has 1 N–H and O–H groups in total. The number of hydrogen-bond donors (Lipinski definition) is 1. The van der Waals surface area contributed by atoms with Crippen LogP contribution in [0.5, 0.6) is 5.75 Å². The molecule has 3 rings (SSSR count). The van der Waals surface area contributed by atoms with Gasteiger partial charge in [-0.2, -0.15) is 0 Å². The zero-order valence-electron chi connectivity index (χ0n) is 14.7. The van der Waals surface area contributed by atoms with Gasteiger partial charge in [-0.15, -0.1) is 0 Å². The van der Waals surface area contributed by atoms with E-state index in [1.165, 1.54) is 24.5 Å². The number of nitrogens with zero attached hydrogens (tertiary/aromatic N) is 1. The minimum atomic E-state index is -3.59. The van der Waals surface area contributed by atoms with Crippen molar-refractivity contribution in [1.82, 2.24) is 9.62 Å². The van der Waals surface area contributed by atoms with E-state index in [-0.39, 0.29) is 11.4 Å². The van der Waals surface area contributed by atoms with Gasteiger partial charge in [0.05, 0.1) is 16.5 Å². The molecule has 0 aromatic heterocycles. The summed E-state index contributed by atoms with van der Waals surface area (Å²) in [6.45, 7) is 3.47. The molecule has 7 heteroatoms. The molecule has 26 heavy (non-hydrogen) atoms. The van der Waals surface area contributed by atoms with Crippen LogP contribution in [-0.4, -0.2) is 33.5 Å². The van der Waals surface area contributed by atoms with E-state index in [9.17, 15) is 8.42 Å². The lowest BCUT2D eigenvalue weighted by Gasteiger charge is -2.15. The van der Waals surface area contributed by atoms with E-state index in [1.807, 2.05) is 12.1 Å². The number of likely N-dealkylation sites (tertiary alicyclic amines) is 1. The molecule has 2 aromatic carbocycles. The molecule has 1 fully saturated rings. The summed E-state index contributed by atoms with van der Waals surface area (Å²) in [4.78, 5) is 2.64. The van der Waals surface area contributed by atoms with Gasteiger partial charge in [-0.25, -0.2) is 13.1 Å². The van der Waals surface area contributed by atoms with E-state index in [4.69, 9.17) is 4.74 Å². The standard InChI is InChI=1S/C19H23BrN2O3S/c1-25-19-8-7-17(12-18(19)20)26(23,24)21-13-15-5-4-6-16(11-15)14-22-9-2-3-10-22/h4-8,11-12,21H,2-3,9-10,13-14H2,1H3. The number of sulfonamides is 1. The molecule has 0 aliphatic carbocycles. The fourth-order valence-electron chi connectivity index (χ4n) is 3.11. The lowest BCUT2D eigenvalue weighted by atomic mass is 10.1. The molecule has 0 bridgehead atoms. The summed E-state index contributed by atoms with van der Waals surface area (Å²) in [7, 11) is -2.04. The monoisotopic (exact) mass is 438 g/mol. The molecule has 140 valence electrons. The third kappa shape index (κ3) is 4.85. The van der Waals surface area contributed by atoms with Gasteiger partial charge in [-0.05, 0) is 71.2 Å². The molecule has 1 aliphatic rings. The summed E-state index contributed by atoms with van der Waals surface area (Å²) in [6, 6.07) is 12.8. The van der Waals surface area contributed by atoms with Crippen LogP contribution in [0, 0.1) is 0 Å². The molecule has 0 amide bonds. The van der Waals surface area contributed by atoms with Gasteiger partial charge in [0.1, 0.15) is 5.75 Å². The van der Waals surface area contributed by atoms with E-state index in [1.54, 1.807) is 19.2 Å². The van der Waals surface area contributed by atoms with Gasteiger partial charge in [0, 0.05) is 13.1 Å². The molecule has 1 aliphatic heterocycles. The van der Waals surface area contributed by atoms with Crippen LogP contribution in [0.25, 0.3) is 0 Å². The molecule has 1 saturated heterocycles. The summed E-state index contributed by atoms with van der Waals surface area (Å²) in [5.41, 5.74) is 2.17. The number of methoxy groups -OCH3 is 1. The largest absolute Gasteiger partial charge is 0.496 e. The predicted octanol–water partition coefficient (Wildman–Crippen LogP) is 3.53. The van der Waals surface area contributed by atoms with Crippen molar-refractivity contribution in [3.05, 3.63) is 58.1 Å². The number of nitrogens with one attached hydrogen (secondary N) is 1. The van der Waals surface area contributed by atoms with Gasteiger partial charge < -0.3 is 4.74 Å². The zero-order chi connectivity index (χ0) is 18.6. The fraction of sp³-hybridized carbons (Fsp3) is 0.368. The third-order valence-corrected chi connectivity index (χ3v) is 6.51. The van der Waals surface area contributed by atoms with Gasteiger partial charge >= 0.3 is 0 Å². The minimum Gasteiger partial charge on any atom is -0.496 e. The second kappa shape index (κ2) is 8.52. The molecule has 0 radical (unpaired) electrons. The van der Waals surface area contributed by atoms with Crippen LogP contribution in [0.1, 0.15) is 24.0 Å². The Morgan fingerprint density at radius 2 is 1.85 bits per heavy atom. The first-order chi connectivity index (χ1) is 12.5. The van der Waals surface area contributed by atoms with Crippen molar-refractivity contribution in [3.63, 3.8) is 0 Å². The SMILES string of the molecule is COc1ccc(S(=O)(=O)NCc2cccc(CN3CCCC3)c2)cc1Br. The summed E-state index contributed by atoms with van der Waals surface area (Å²) in [5.74, 6) is 0.596. The van der Waals surface area contributed by atoms with Crippen LogP contribution in [0.15, 0.2) is 51.8 Å². The second-order valence-corrected chi connectivity index (χ2v) is 9.05. The number of ether oxygens (including phenoxy) is 1. The van der Waals surface area contributed by atoms with E-state index < -0.39 is 10.0 Å². The van der Waals surface area contributed by atoms with Gasteiger partial charge in [-0.1, -0.05) is 24.3 Å². The van der Waals surface area contributed by atoms with Crippen molar-refractivity contribution < 1.29 is 13.2 Å². The molecule has 5 nitrogen and oxygen atoms in total. The van der Waals surface area contributed by atoms with Gasteiger partial charge in [-0.3, -0.25) is 4.90 Å². The first-order valence-electron chi connectivity index (χ1n) is 8.61. The van der Waals surface area contributed by atoms with Crippen LogP contribution >= 0.6 is 15.9 Å². The highest BCUT2D eigenvalue weighted by molar-refractivity contribution is 9.10. The van der Waals surface area contributed by atoms with Crippen molar-refractivity contribution in [2.45, 2.75) is 30.8 Å². The highest BCUT2D eigenvalue weighted by Gasteiger charge is 2.16. The highest BCUT2D eigenvalue weighted by atomic mass is 79.9. The van der Waals surface area contributed by atoms with Crippen LogP contribution in [0.4, 0.5) is 0 Å². The fourth-order valence-corrected chi connectivity index (χ4v) is 4.85. The molecular formula is C19H23BrN2O3S. The van der Waals surface area contributed by atoms with E-state index in [2.05, 4.69) is 37.7 Å². The Morgan fingerprint density at radius 1 is 1.12 bits per heavy atom. The Labute approximate surface area is 163 Å². The quantitative estimate of drug-likeness (QED) is 0.717. The lowest BCUT2D eigenvalue weighted by molar-refractivity contribution is 0.331. The predicted molar refractivity (Wildman–Crippen MR) is 106 cm³/mol. The first kappa shape index (κ1) is 19.4. The van der Waals surface area contributed by atoms with Crippen LogP contribution < -0.4 is 9.46 Å². The smallest absolute Gasteiger partial charge is 0.240 e. The number of benzene rings is 2. The average molecular weight is 439 g/mol. The van der Waals surface area contributed by atoms with Crippen molar-refractivity contribution in [2.75, 3.05) is 20.2 Å². The Morgan fingerprint density at radius 3 is 2.54 bits per heavy atom. The zero-order valence-corrected chi connectivity index (χ0v) is 17.1. The van der Waals surface area contributed by atoms with Crippen molar-refractivity contribution >= 4 is 26.0 Å². The Kier molecular flexibility index (Phi) is 6.34. The van der Waals surface area contributed by atoms with Gasteiger partial charge in [0.2, 0.25) is 10.0 Å². The second-order valence-electron chi connectivity index (χ2n) is 6.42. The van der Waals surface area contributed by atoms with Crippen molar-refractivity contribution in [2.24, 2.45) is 0 Å². The highest BCUT2D eigenvalue weighted by Crippen LogP contribution is 2.27. The van der Waals surface area contributed by atoms with Gasteiger partial charge in [0.25, 0.3) is 0 Å². The number of hydrogen-bond acceptors (Lipinski definition) is 4. The third-order valence-electron chi connectivity index (χ3n) is 4.50. The molecule has 0 unspecified atom stereocenters. The van der Waals surface area contributed by atoms with Crippen LogP contribution in [0.3, 0.4) is 0 Å². The summed E-state index contributed by atoms with van der Waals surface area (Å²) < 4.78 is 33.5. The topological polar surface area (TPSA) is 58.6 Å². The molecular weight excluding hydrogens is 416 g/mol. The van der Waals surface area contributed by atoms with Crippen LogP contribution in [0.2, 0.25) is 0 Å². The number of rotatable bonds is 7. The Hall–Kier alpha value is -1.41. The molecule has 0 saturated carbocycles. The minimum absolute atomic E-state index is 0.207. The Bertz CT molecular complexity index is 865. The maximum Gasteiger partial charge on any atom is 0.240 e. The van der Waals surface area contributed by atoms with Crippen LogP contribution in [-0.2, 0) is 23.1 Å². The lowest BCUT2D eigenvalue weighted by Crippen LogP contribution is -2.23. The summed E-state index contributed by atoms with van der Waals surface area (Å²) in [5, 5.41) is 0. The van der Waals surface area contributed by atoms with E-state index in [0.29, 0.717) is 10.2 Å². The molecule has 0 spiro atoms. The normalized spacial score (nSPS) is 15.3. The van der Waals surface area contributed by atoms with E-state index >= 15 is 0 Å². The Balaban J connectivity index is 1.66. The number of halogens is 1. The van der Waals surface area contributed by atoms with Gasteiger partial charge in [0.15, 0.2) is 0 Å².